The molecule has 1 saturated carbocycles. The molecule has 0 bridgehead atoms. The molecule has 0 unspecified atom stereocenters. The van der Waals surface area contributed by atoms with Crippen LogP contribution >= 0.6 is 19.4 Å². The van der Waals surface area contributed by atoms with E-state index in [2.05, 4.69) is 37.7 Å². The van der Waals surface area contributed by atoms with Crippen molar-refractivity contribution < 1.29 is 112 Å². The van der Waals surface area contributed by atoms with Crippen LogP contribution in [0.25, 0.3) is 22.0 Å². The lowest BCUT2D eigenvalue weighted by Gasteiger charge is -2.33. The van der Waals surface area contributed by atoms with Gasteiger partial charge in [0.1, 0.15) is 63.9 Å². The van der Waals surface area contributed by atoms with Gasteiger partial charge in [-0.2, -0.15) is 49.6 Å². The maximum Gasteiger partial charge on any atom is 0.530 e. The molecule has 3 aromatic carbocycles. The third-order valence-electron chi connectivity index (χ3n) is 16.7. The van der Waals surface area contributed by atoms with Crippen molar-refractivity contribution in [3.63, 3.8) is 0 Å². The van der Waals surface area contributed by atoms with Gasteiger partial charge in [0.25, 0.3) is 5.92 Å². The van der Waals surface area contributed by atoms with Gasteiger partial charge >= 0.3 is 32.1 Å². The minimum absolute atomic E-state index is 0.0313. The van der Waals surface area contributed by atoms with Gasteiger partial charge in [-0.15, -0.1) is 0 Å². The Morgan fingerprint density at radius 3 is 1.93 bits per heavy atom. The number of esters is 2. The molecule has 6 aromatic rings. The second-order valence-corrected chi connectivity index (χ2v) is 36.6. The molecule has 3 amide bonds. The van der Waals surface area contributed by atoms with E-state index < -0.39 is 239 Å². The van der Waals surface area contributed by atoms with Crippen LogP contribution in [0.4, 0.5) is 49.7 Å². The van der Waals surface area contributed by atoms with E-state index in [9.17, 15) is 53.8 Å². The third kappa shape index (κ3) is 20.4. The van der Waals surface area contributed by atoms with Crippen LogP contribution in [-0.4, -0.2) is 124 Å². The number of sulfonamides is 1. The summed E-state index contributed by atoms with van der Waals surface area (Å²) in [6, 6.07) is 5.45. The summed E-state index contributed by atoms with van der Waals surface area (Å²) in [5.74, 6) is -11.3. The summed E-state index contributed by atoms with van der Waals surface area (Å²) in [5.41, 5.74) is -10.7. The zero-order valence-corrected chi connectivity index (χ0v) is 65.1. The van der Waals surface area contributed by atoms with Gasteiger partial charge in [-0.05, 0) is 168 Å². The largest absolute Gasteiger partial charge is 0.530 e. The summed E-state index contributed by atoms with van der Waals surface area (Å²) >= 11 is 6.98. The lowest BCUT2D eigenvalue weighted by Crippen LogP contribution is -2.46. The molecule has 2 aliphatic carbocycles. The van der Waals surface area contributed by atoms with Crippen molar-refractivity contribution in [2.24, 2.45) is 5.92 Å². The number of amides is 3. The standard InChI is InChI=1S/C71H82ClF10N8O15PS2/c1-36(2)103-106(96,104-37(3)4)105-51-25-38(5)24-40(29-52(91)85-50(64(95)102-66(9,10)11)32-55(94)101-65(6,7)8)58(51)67(12,13)33-54(93)90(108(17,99)100)63-57-48(72)21-20-45(60(57)89(87-63)35-69(75,76)77)44-19-18-43(22-23-68(14,15)107(16,97)98)83-59(44)49(28-39-26-41(73)30-42(74)27-39)84-53(92)34-88-62-56(61(86-88)71(80,81)82)46-31-47(46)70(62,78)79/h18-21,24-27,30,36-37,46-47,49-50H,28-29,31-35H2,1-17H3,(H,84,92)(H,85,91)/t46-,47+,49-,50+/m0/s1. The second kappa shape index (κ2) is 30.6. The van der Waals surface area contributed by atoms with Gasteiger partial charge in [0.2, 0.25) is 27.7 Å². The van der Waals surface area contributed by atoms with Crippen LogP contribution in [-0.2, 0) is 110 Å². The molecule has 4 atom stereocenters. The Hall–Kier alpha value is -8.16. The fraction of sp³-hybridized carbons (Fsp3) is 0.521. The fourth-order valence-electron chi connectivity index (χ4n) is 12.4. The van der Waals surface area contributed by atoms with E-state index in [1.54, 1.807) is 20.8 Å². The normalized spacial score (nSPS) is 16.1. The van der Waals surface area contributed by atoms with Gasteiger partial charge in [0, 0.05) is 52.3 Å². The molecule has 0 aliphatic heterocycles. The van der Waals surface area contributed by atoms with Crippen molar-refractivity contribution in [2.75, 3.05) is 16.8 Å². The highest BCUT2D eigenvalue weighted by atomic mass is 35.5. The lowest BCUT2D eigenvalue weighted by molar-refractivity contribution is -0.165. The average molecular weight is 1610 g/mol. The van der Waals surface area contributed by atoms with Gasteiger partial charge in [0.15, 0.2) is 21.3 Å². The minimum atomic E-state index is -5.30. The number of ether oxygens (including phenoxy) is 2. The molecular formula is C71H82ClF10N8O15PS2. The topological polar surface area (TPSA) is 293 Å². The van der Waals surface area contributed by atoms with Crippen LogP contribution in [0.15, 0.2) is 54.6 Å². The Labute approximate surface area is 622 Å². The predicted octanol–water partition coefficient (Wildman–Crippen LogP) is 13.7. The lowest BCUT2D eigenvalue weighted by atomic mass is 9.77. The highest BCUT2D eigenvalue weighted by Crippen LogP contribution is 2.68. The first-order valence-corrected chi connectivity index (χ1v) is 39.1. The predicted molar refractivity (Wildman–Crippen MR) is 377 cm³/mol. The summed E-state index contributed by atoms with van der Waals surface area (Å²) in [4.78, 5) is 76.4. The van der Waals surface area contributed by atoms with Crippen molar-refractivity contribution in [3.05, 3.63) is 122 Å². The monoisotopic (exact) mass is 1610 g/mol. The quantitative estimate of drug-likeness (QED) is 0.0221. The number of benzene rings is 3. The molecule has 2 N–H and O–H groups in total. The molecule has 8 rings (SSSR count). The number of nitrogens with zero attached hydrogens (tertiary/aromatic N) is 6. The first-order valence-electron chi connectivity index (χ1n) is 33.6. The number of phosphoric acid groups is 1. The van der Waals surface area contributed by atoms with Gasteiger partial charge in [-0.1, -0.05) is 43.5 Å². The van der Waals surface area contributed by atoms with Crippen LogP contribution in [0.1, 0.15) is 179 Å². The Morgan fingerprint density at radius 1 is 0.787 bits per heavy atom. The van der Waals surface area contributed by atoms with Crippen LogP contribution < -0.4 is 19.5 Å². The van der Waals surface area contributed by atoms with E-state index in [1.807, 2.05) is 0 Å². The highest BCUT2D eigenvalue weighted by Gasteiger charge is 2.68. The maximum absolute atomic E-state index is 15.9. The molecule has 590 valence electrons. The number of aromatic nitrogens is 5. The number of rotatable bonds is 26. The molecule has 0 radical (unpaired) electrons. The van der Waals surface area contributed by atoms with Crippen molar-refractivity contribution >= 4 is 85.7 Å². The molecule has 108 heavy (non-hydrogen) atoms. The number of alkyl halides is 8. The van der Waals surface area contributed by atoms with Gasteiger partial charge in [-0.3, -0.25) is 37.6 Å². The van der Waals surface area contributed by atoms with Crippen LogP contribution in [0, 0.1) is 36.3 Å². The fourth-order valence-corrected chi connectivity index (χ4v) is 15.3. The van der Waals surface area contributed by atoms with Gasteiger partial charge in [0.05, 0.1) is 59.0 Å². The Balaban J connectivity index is 1.34. The SMILES string of the molecule is Cc1cc(CC(=O)N[C@H](CC(=O)OC(C)(C)C)C(=O)OC(C)(C)C)c(C(C)(C)CC(=O)N(c2nn(CC(F)(F)F)c3c(-c4ccc(C#CC(C)(C)S(C)(=O)=O)nc4[C@H](Cc4cc(F)cc(F)c4)NC(=O)Cn4nc(C(F)(F)F)c5c4C(F)(F)[C@@H]4C[C@H]54)ccc(Cl)c23)S(C)(=O)=O)c(OP(=O)(OC(C)C)OC(C)C)c1. The number of aryl methyl sites for hydroxylation is 1. The Kier molecular flexibility index (Phi) is 24.2. The van der Waals surface area contributed by atoms with E-state index in [-0.39, 0.29) is 48.2 Å². The smallest absolute Gasteiger partial charge is 0.460 e. The first-order chi connectivity index (χ1) is 49.2. The number of pyridine rings is 1. The van der Waals surface area contributed by atoms with E-state index in [1.165, 1.54) is 95.2 Å². The van der Waals surface area contributed by atoms with Crippen molar-refractivity contribution in [1.29, 1.82) is 0 Å². The average Bonchev–Trinajstić information content (AvgIpc) is 1.51. The second-order valence-electron chi connectivity index (χ2n) is 30.3. The summed E-state index contributed by atoms with van der Waals surface area (Å²) in [6.45, 7) is 18.4. The number of carbonyl (C=O) groups is 5. The van der Waals surface area contributed by atoms with Crippen molar-refractivity contribution in [1.82, 2.24) is 35.2 Å². The zero-order chi connectivity index (χ0) is 81.3. The van der Waals surface area contributed by atoms with Crippen molar-refractivity contribution in [2.45, 2.75) is 219 Å². The number of anilines is 1. The Morgan fingerprint density at radius 2 is 1.38 bits per heavy atom. The minimum Gasteiger partial charge on any atom is -0.460 e. The van der Waals surface area contributed by atoms with Gasteiger partial charge in [-0.25, -0.2) is 40.0 Å². The van der Waals surface area contributed by atoms with E-state index in [4.69, 9.17) is 34.6 Å². The highest BCUT2D eigenvalue weighted by molar-refractivity contribution is 7.93. The van der Waals surface area contributed by atoms with E-state index in [0.717, 1.165) is 42.7 Å². The number of fused-ring (bicyclic) bond motifs is 4. The number of hydrogen-bond donors (Lipinski definition) is 2. The molecule has 0 saturated heterocycles. The number of hydrogen-bond acceptors (Lipinski definition) is 18. The number of nitrogens with one attached hydrogen (secondary N) is 2. The first kappa shape index (κ1) is 85.4. The summed E-state index contributed by atoms with van der Waals surface area (Å²) in [6.07, 6.45) is -14.7. The molecule has 3 aromatic heterocycles. The van der Waals surface area contributed by atoms with E-state index >= 15 is 35.5 Å². The summed E-state index contributed by atoms with van der Waals surface area (Å²) in [5, 5.41) is 11.2. The molecule has 0 spiro atoms. The number of halogens is 11. The molecular weight excluding hydrogens is 1530 g/mol. The maximum atomic E-state index is 15.9. The molecule has 2 aliphatic rings. The van der Waals surface area contributed by atoms with Crippen LogP contribution in [0.3, 0.4) is 0 Å². The van der Waals surface area contributed by atoms with Gasteiger partial charge < -0.3 is 24.6 Å². The molecule has 3 heterocycles. The third-order valence-corrected chi connectivity index (χ3v) is 21.8. The number of carbonyl (C=O) groups excluding carboxylic acids is 5. The molecule has 23 nitrogen and oxygen atoms in total. The summed E-state index contributed by atoms with van der Waals surface area (Å²) < 4.78 is 249. The van der Waals surface area contributed by atoms with Crippen LogP contribution in [0.2, 0.25) is 5.02 Å². The summed E-state index contributed by atoms with van der Waals surface area (Å²) in [7, 11) is -14.0. The molecule has 1 fully saturated rings. The number of sulfone groups is 1. The van der Waals surface area contributed by atoms with Crippen molar-refractivity contribution in [3.8, 4) is 28.7 Å². The zero-order valence-electron chi connectivity index (χ0n) is 61.8. The van der Waals surface area contributed by atoms with Crippen LogP contribution in [0.5, 0.6) is 5.75 Å². The molecule has 37 heteroatoms. The number of phosphoric ester groups is 1. The Bertz CT molecular complexity index is 4890. The van der Waals surface area contributed by atoms with E-state index in [0.29, 0.717) is 17.9 Å².